The number of rotatable bonds is 4. The van der Waals surface area contributed by atoms with Gasteiger partial charge in [-0.05, 0) is 22.4 Å². The van der Waals surface area contributed by atoms with Crippen molar-refractivity contribution >= 4 is 33.6 Å². The van der Waals surface area contributed by atoms with E-state index in [-0.39, 0.29) is 5.91 Å². The van der Waals surface area contributed by atoms with Gasteiger partial charge in [-0.15, -0.1) is 11.3 Å². The molecule has 87 valence electrons. The minimum absolute atomic E-state index is 0.210. The number of benzene rings is 1. The zero-order valence-electron chi connectivity index (χ0n) is 9.40. The van der Waals surface area contributed by atoms with Crippen molar-refractivity contribution in [3.63, 3.8) is 0 Å². The third-order valence-corrected chi connectivity index (χ3v) is 3.52. The molecule has 17 heavy (non-hydrogen) atoms. The monoisotopic (exact) mass is 246 g/mol. The average Bonchev–Trinajstić information content (AvgIpc) is 2.71. The van der Waals surface area contributed by atoms with E-state index < -0.39 is 6.04 Å². The molecule has 0 spiro atoms. The van der Waals surface area contributed by atoms with Crippen LogP contribution in [0.4, 0.5) is 0 Å². The average molecular weight is 246 g/mol. The molecule has 4 heteroatoms. The number of amides is 1. The van der Waals surface area contributed by atoms with Gasteiger partial charge in [0.25, 0.3) is 0 Å². The first kappa shape index (κ1) is 11.8. The van der Waals surface area contributed by atoms with Gasteiger partial charge in [0, 0.05) is 18.0 Å². The minimum Gasteiger partial charge on any atom is -0.346 e. The Morgan fingerprint density at radius 3 is 2.94 bits per heavy atom. The Kier molecular flexibility index (Phi) is 3.54. The Hall–Kier alpha value is -1.68. The van der Waals surface area contributed by atoms with Crippen molar-refractivity contribution in [2.24, 2.45) is 0 Å². The van der Waals surface area contributed by atoms with E-state index in [9.17, 15) is 9.59 Å². The minimum atomic E-state index is -0.564. The smallest absolute Gasteiger partial charge is 0.223 e. The van der Waals surface area contributed by atoms with Crippen molar-refractivity contribution in [3.05, 3.63) is 35.2 Å². The van der Waals surface area contributed by atoms with Crippen LogP contribution in [0.1, 0.15) is 12.5 Å². The van der Waals surface area contributed by atoms with Crippen LogP contribution in [0.25, 0.3) is 10.1 Å². The molecule has 0 aliphatic rings. The number of hydrogen-bond donors (Lipinski definition) is 1. The quantitative estimate of drug-likeness (QED) is 0.897. The van der Waals surface area contributed by atoms with Gasteiger partial charge in [-0.2, -0.15) is 0 Å². The molecule has 1 atom stereocenters. The van der Waals surface area contributed by atoms with E-state index in [1.807, 2.05) is 35.9 Å². The lowest BCUT2D eigenvalue weighted by atomic mass is 10.1. The van der Waals surface area contributed by atoms with Crippen LogP contribution in [0, 0.1) is 0 Å². The zero-order chi connectivity index (χ0) is 12.3. The normalized spacial score (nSPS) is 12.3. The highest BCUT2D eigenvalue weighted by Crippen LogP contribution is 2.26. The molecule has 1 aromatic carbocycles. The van der Waals surface area contributed by atoms with Gasteiger partial charge >= 0.3 is 0 Å². The number of hydrogen-bond acceptors (Lipinski definition) is 3. The highest BCUT2D eigenvalue weighted by molar-refractivity contribution is 7.17. The van der Waals surface area contributed by atoms with E-state index in [0.717, 1.165) is 10.9 Å². The summed E-state index contributed by atoms with van der Waals surface area (Å²) in [4.78, 5) is 21.7. The molecular formula is C13H12NO2S. The Bertz CT molecular complexity index is 547. The predicted molar refractivity (Wildman–Crippen MR) is 68.8 cm³/mol. The van der Waals surface area contributed by atoms with Crippen LogP contribution < -0.4 is 5.32 Å². The number of thiophene rings is 1. The maximum absolute atomic E-state index is 10.9. The van der Waals surface area contributed by atoms with Gasteiger partial charge in [0.1, 0.15) is 0 Å². The molecule has 0 aliphatic carbocycles. The lowest BCUT2D eigenvalue weighted by Crippen LogP contribution is -2.35. The summed E-state index contributed by atoms with van der Waals surface area (Å²) >= 11 is 1.64. The van der Waals surface area contributed by atoms with Crippen LogP contribution in [-0.4, -0.2) is 18.2 Å². The summed E-state index contributed by atoms with van der Waals surface area (Å²) in [5, 5.41) is 5.74. The van der Waals surface area contributed by atoms with Crippen molar-refractivity contribution in [1.82, 2.24) is 5.32 Å². The summed E-state index contributed by atoms with van der Waals surface area (Å²) in [7, 11) is 0. The van der Waals surface area contributed by atoms with E-state index in [1.54, 1.807) is 11.3 Å². The van der Waals surface area contributed by atoms with Gasteiger partial charge in [-0.1, -0.05) is 18.2 Å². The van der Waals surface area contributed by atoms with Crippen LogP contribution in [0.3, 0.4) is 0 Å². The first-order chi connectivity index (χ1) is 8.20. The van der Waals surface area contributed by atoms with Gasteiger partial charge in [-0.25, -0.2) is 0 Å². The second-order valence-corrected chi connectivity index (χ2v) is 4.74. The Morgan fingerprint density at radius 1 is 1.47 bits per heavy atom. The summed E-state index contributed by atoms with van der Waals surface area (Å²) in [5.41, 5.74) is 1.08. The summed E-state index contributed by atoms with van der Waals surface area (Å²) < 4.78 is 1.19. The number of fused-ring (bicyclic) bond motifs is 1. The van der Waals surface area contributed by atoms with Crippen LogP contribution >= 0.6 is 11.3 Å². The van der Waals surface area contributed by atoms with E-state index in [0.29, 0.717) is 6.42 Å². The lowest BCUT2D eigenvalue weighted by Gasteiger charge is -2.09. The molecule has 0 bridgehead atoms. The molecule has 2 aromatic rings. The van der Waals surface area contributed by atoms with Crippen LogP contribution in [0.5, 0.6) is 0 Å². The van der Waals surface area contributed by atoms with Gasteiger partial charge in [0.15, 0.2) is 0 Å². The molecule has 1 aromatic heterocycles. The van der Waals surface area contributed by atoms with Crippen LogP contribution in [0.15, 0.2) is 29.6 Å². The molecule has 3 nitrogen and oxygen atoms in total. The summed E-state index contributed by atoms with van der Waals surface area (Å²) in [6, 6.07) is 7.46. The molecule has 1 radical (unpaired) electrons. The molecule has 1 N–H and O–H groups in total. The Labute approximate surface area is 103 Å². The van der Waals surface area contributed by atoms with Gasteiger partial charge in [0.2, 0.25) is 12.2 Å². The van der Waals surface area contributed by atoms with Gasteiger partial charge < -0.3 is 5.32 Å². The molecule has 1 amide bonds. The highest BCUT2D eigenvalue weighted by Gasteiger charge is 2.13. The highest BCUT2D eigenvalue weighted by atomic mass is 32.1. The molecule has 0 fully saturated rings. The third-order valence-electron chi connectivity index (χ3n) is 2.50. The largest absolute Gasteiger partial charge is 0.346 e. The van der Waals surface area contributed by atoms with Gasteiger partial charge in [0.05, 0.1) is 6.04 Å². The topological polar surface area (TPSA) is 46.2 Å². The first-order valence-corrected chi connectivity index (χ1v) is 6.18. The van der Waals surface area contributed by atoms with Crippen molar-refractivity contribution in [2.75, 3.05) is 0 Å². The maximum Gasteiger partial charge on any atom is 0.223 e. The molecule has 1 heterocycles. The van der Waals surface area contributed by atoms with Crippen molar-refractivity contribution in [2.45, 2.75) is 19.4 Å². The maximum atomic E-state index is 10.9. The molecule has 0 unspecified atom stereocenters. The second kappa shape index (κ2) is 5.10. The van der Waals surface area contributed by atoms with E-state index in [2.05, 4.69) is 5.32 Å². The van der Waals surface area contributed by atoms with Crippen LogP contribution in [0.2, 0.25) is 0 Å². The van der Waals surface area contributed by atoms with Crippen molar-refractivity contribution < 1.29 is 9.59 Å². The SMILES string of the molecule is CC(=O)N[C@H]([C]=O)Cc1csc2ccccc12. The molecular weight excluding hydrogens is 234 g/mol. The van der Waals surface area contributed by atoms with Crippen molar-refractivity contribution in [3.8, 4) is 0 Å². The number of carbonyl (C=O) groups is 1. The van der Waals surface area contributed by atoms with E-state index >= 15 is 0 Å². The molecule has 0 saturated carbocycles. The number of carbonyl (C=O) groups excluding carboxylic acids is 2. The fourth-order valence-corrected chi connectivity index (χ4v) is 2.75. The molecule has 0 aliphatic heterocycles. The number of nitrogens with one attached hydrogen (secondary N) is 1. The van der Waals surface area contributed by atoms with Crippen molar-refractivity contribution in [1.29, 1.82) is 0 Å². The molecule has 0 saturated heterocycles. The Balaban J connectivity index is 2.22. The summed E-state index contributed by atoms with van der Waals surface area (Å²) in [5.74, 6) is -0.210. The van der Waals surface area contributed by atoms with Gasteiger partial charge in [-0.3, -0.25) is 9.59 Å². The Morgan fingerprint density at radius 2 is 2.24 bits per heavy atom. The third kappa shape index (κ3) is 2.71. The van der Waals surface area contributed by atoms with E-state index in [1.165, 1.54) is 11.6 Å². The van der Waals surface area contributed by atoms with E-state index in [4.69, 9.17) is 0 Å². The predicted octanol–water partition coefficient (Wildman–Crippen LogP) is 2.06. The summed E-state index contributed by atoms with van der Waals surface area (Å²) in [6.45, 7) is 1.40. The molecule has 2 rings (SSSR count). The zero-order valence-corrected chi connectivity index (χ0v) is 10.2. The summed E-state index contributed by atoms with van der Waals surface area (Å²) in [6.07, 6.45) is 2.35. The first-order valence-electron chi connectivity index (χ1n) is 5.30. The van der Waals surface area contributed by atoms with Crippen LogP contribution in [-0.2, 0) is 16.0 Å². The standard InChI is InChI=1S/C13H12NO2S/c1-9(16)14-11(7-15)6-10-8-17-13-5-3-2-4-12(10)13/h2-5,8,11H,6H2,1H3,(H,14,16)/t11-/m0/s1. The fourth-order valence-electron chi connectivity index (χ4n) is 1.78. The fraction of sp³-hybridized carbons (Fsp3) is 0.231. The lowest BCUT2D eigenvalue weighted by molar-refractivity contribution is -0.119. The second-order valence-electron chi connectivity index (χ2n) is 3.83.